The van der Waals surface area contributed by atoms with E-state index in [1.165, 1.54) is 11.8 Å². The van der Waals surface area contributed by atoms with Crippen LogP contribution >= 0.6 is 23.5 Å². The molecule has 35 heavy (non-hydrogen) atoms. The smallest absolute Gasteiger partial charge is 0.326 e. The van der Waals surface area contributed by atoms with Gasteiger partial charge in [0.05, 0.1) is 6.04 Å². The molecular formula is C22H44N6O5S2. The van der Waals surface area contributed by atoms with Crippen LogP contribution in [0, 0.1) is 0 Å². The molecule has 0 aromatic heterocycles. The molecule has 204 valence electrons. The van der Waals surface area contributed by atoms with Crippen LogP contribution in [0.5, 0.6) is 0 Å². The Morgan fingerprint density at radius 2 is 1.11 bits per heavy atom. The Morgan fingerprint density at radius 1 is 0.686 bits per heavy atom. The van der Waals surface area contributed by atoms with Gasteiger partial charge in [-0.25, -0.2) is 4.79 Å². The first-order chi connectivity index (χ1) is 16.7. The van der Waals surface area contributed by atoms with Crippen molar-refractivity contribution in [3.8, 4) is 0 Å². The summed E-state index contributed by atoms with van der Waals surface area (Å²) in [5.41, 5.74) is 17.1. The van der Waals surface area contributed by atoms with Crippen LogP contribution in [-0.2, 0) is 19.2 Å². The summed E-state index contributed by atoms with van der Waals surface area (Å²) in [6.45, 7) is 0.881. The van der Waals surface area contributed by atoms with Crippen LogP contribution in [0.4, 0.5) is 0 Å². The molecule has 0 aromatic carbocycles. The second-order valence-electron chi connectivity index (χ2n) is 8.26. The zero-order chi connectivity index (χ0) is 26.6. The molecule has 0 heterocycles. The number of nitrogens with two attached hydrogens (primary N) is 3. The Hall–Kier alpha value is -1.54. The lowest BCUT2D eigenvalue weighted by molar-refractivity contribution is -0.142. The lowest BCUT2D eigenvalue weighted by atomic mass is 10.0. The van der Waals surface area contributed by atoms with Gasteiger partial charge < -0.3 is 38.3 Å². The molecule has 0 radical (unpaired) electrons. The van der Waals surface area contributed by atoms with Gasteiger partial charge in [-0.2, -0.15) is 23.5 Å². The number of carboxylic acids is 1. The molecule has 11 nitrogen and oxygen atoms in total. The van der Waals surface area contributed by atoms with Gasteiger partial charge in [0.1, 0.15) is 18.1 Å². The molecule has 0 bridgehead atoms. The van der Waals surface area contributed by atoms with Gasteiger partial charge in [0.25, 0.3) is 0 Å². The van der Waals surface area contributed by atoms with E-state index in [1.807, 2.05) is 12.5 Å². The van der Waals surface area contributed by atoms with Crippen LogP contribution in [0.25, 0.3) is 0 Å². The standard InChI is InChI=1S/C22H44N6O5S2/c1-34-13-9-15(25)19(29)26-16(7-3-5-11-23)20(30)27-17(8-4-6-12-24)21(31)28-18(22(32)33)10-14-35-2/h15-18H,3-14,23-25H2,1-2H3,(H,26,29)(H,27,30)(H,28,31)(H,32,33). The Balaban J connectivity index is 5.44. The molecule has 0 aliphatic carbocycles. The Bertz CT molecular complexity index is 643. The topological polar surface area (TPSA) is 203 Å². The van der Waals surface area contributed by atoms with Gasteiger partial charge in [-0.05, 0) is 88.5 Å². The maximum absolute atomic E-state index is 13.1. The van der Waals surface area contributed by atoms with E-state index in [4.69, 9.17) is 17.2 Å². The fourth-order valence-corrected chi connectivity index (χ4v) is 4.18. The lowest BCUT2D eigenvalue weighted by Gasteiger charge is -2.25. The predicted octanol–water partition coefficient (Wildman–Crippen LogP) is -0.383. The van der Waals surface area contributed by atoms with Crippen LogP contribution < -0.4 is 33.2 Å². The minimum absolute atomic E-state index is 0.261. The highest BCUT2D eigenvalue weighted by molar-refractivity contribution is 7.98. The third-order valence-electron chi connectivity index (χ3n) is 5.35. The summed E-state index contributed by atoms with van der Waals surface area (Å²) in [6, 6.07) is -3.64. The Labute approximate surface area is 217 Å². The Kier molecular flexibility index (Phi) is 19.7. The van der Waals surface area contributed by atoms with Crippen LogP contribution in [0.2, 0.25) is 0 Å². The molecule has 13 heteroatoms. The van der Waals surface area contributed by atoms with Crippen molar-refractivity contribution in [3.63, 3.8) is 0 Å². The predicted molar refractivity (Wildman–Crippen MR) is 143 cm³/mol. The van der Waals surface area contributed by atoms with Crippen molar-refractivity contribution in [1.82, 2.24) is 16.0 Å². The zero-order valence-electron chi connectivity index (χ0n) is 20.9. The van der Waals surface area contributed by atoms with E-state index in [0.717, 1.165) is 0 Å². The highest BCUT2D eigenvalue weighted by Gasteiger charge is 2.29. The molecule has 0 saturated heterocycles. The highest BCUT2D eigenvalue weighted by Crippen LogP contribution is 2.08. The summed E-state index contributed by atoms with van der Waals surface area (Å²) in [4.78, 5) is 50.2. The minimum atomic E-state index is -1.13. The average Bonchev–Trinajstić information content (AvgIpc) is 2.83. The highest BCUT2D eigenvalue weighted by atomic mass is 32.2. The molecule has 0 aromatic rings. The number of hydrogen-bond donors (Lipinski definition) is 7. The van der Waals surface area contributed by atoms with Gasteiger partial charge >= 0.3 is 5.97 Å². The average molecular weight is 537 g/mol. The summed E-state index contributed by atoms with van der Waals surface area (Å²) in [7, 11) is 0. The molecule has 0 rings (SSSR count). The SMILES string of the molecule is CSCCC(N)C(=O)NC(CCCCN)C(=O)NC(CCCCN)C(=O)NC(CCSC)C(=O)O. The number of hydrogen-bond acceptors (Lipinski definition) is 9. The van der Waals surface area contributed by atoms with E-state index in [1.54, 1.807) is 11.8 Å². The second kappa shape index (κ2) is 20.6. The normalized spacial score (nSPS) is 14.4. The number of amides is 3. The van der Waals surface area contributed by atoms with Gasteiger partial charge in [-0.1, -0.05) is 0 Å². The molecule has 10 N–H and O–H groups in total. The van der Waals surface area contributed by atoms with E-state index in [2.05, 4.69) is 16.0 Å². The van der Waals surface area contributed by atoms with Crippen LogP contribution in [-0.4, -0.2) is 90.1 Å². The van der Waals surface area contributed by atoms with Gasteiger partial charge in [0.2, 0.25) is 17.7 Å². The number of carboxylic acid groups (broad SMARTS) is 1. The number of carbonyl (C=O) groups is 4. The first-order valence-electron chi connectivity index (χ1n) is 12.0. The van der Waals surface area contributed by atoms with Crippen molar-refractivity contribution >= 4 is 47.2 Å². The third-order valence-corrected chi connectivity index (χ3v) is 6.64. The maximum Gasteiger partial charge on any atom is 0.326 e. The second-order valence-corrected chi connectivity index (χ2v) is 10.2. The van der Waals surface area contributed by atoms with Crippen LogP contribution in [0.15, 0.2) is 0 Å². The third kappa shape index (κ3) is 15.2. The molecule has 0 saturated carbocycles. The molecule has 4 atom stereocenters. The summed E-state index contributed by atoms with van der Waals surface area (Å²) in [5, 5.41) is 17.4. The lowest BCUT2D eigenvalue weighted by Crippen LogP contribution is -2.57. The van der Waals surface area contributed by atoms with E-state index in [0.29, 0.717) is 69.5 Å². The zero-order valence-corrected chi connectivity index (χ0v) is 22.6. The van der Waals surface area contributed by atoms with E-state index < -0.39 is 47.9 Å². The Morgan fingerprint density at radius 3 is 1.54 bits per heavy atom. The molecule has 0 spiro atoms. The minimum Gasteiger partial charge on any atom is -0.480 e. The molecule has 0 fully saturated rings. The first-order valence-corrected chi connectivity index (χ1v) is 14.8. The van der Waals surface area contributed by atoms with Crippen molar-refractivity contribution in [2.24, 2.45) is 17.2 Å². The van der Waals surface area contributed by atoms with Crippen molar-refractivity contribution in [2.75, 3.05) is 37.1 Å². The van der Waals surface area contributed by atoms with Crippen molar-refractivity contribution in [1.29, 1.82) is 0 Å². The summed E-state index contributed by atoms with van der Waals surface area (Å²) < 4.78 is 0. The quantitative estimate of drug-likeness (QED) is 0.0947. The van der Waals surface area contributed by atoms with Crippen molar-refractivity contribution < 1.29 is 24.3 Å². The van der Waals surface area contributed by atoms with Crippen molar-refractivity contribution in [2.45, 2.75) is 75.5 Å². The maximum atomic E-state index is 13.1. The van der Waals surface area contributed by atoms with E-state index >= 15 is 0 Å². The van der Waals surface area contributed by atoms with Gasteiger partial charge in [-0.3, -0.25) is 14.4 Å². The van der Waals surface area contributed by atoms with Crippen LogP contribution in [0.1, 0.15) is 51.4 Å². The first kappa shape index (κ1) is 33.5. The molecular weight excluding hydrogens is 492 g/mol. The number of aliphatic carboxylic acids is 1. The summed E-state index contributed by atoms with van der Waals surface area (Å²) in [6.07, 6.45) is 7.63. The molecule has 3 amide bonds. The van der Waals surface area contributed by atoms with Crippen molar-refractivity contribution in [3.05, 3.63) is 0 Å². The largest absolute Gasteiger partial charge is 0.480 e. The summed E-state index contributed by atoms with van der Waals surface area (Å²) in [5.74, 6) is -1.38. The number of nitrogens with one attached hydrogen (secondary N) is 3. The number of carbonyl (C=O) groups excluding carboxylic acids is 3. The van der Waals surface area contributed by atoms with E-state index in [-0.39, 0.29) is 6.42 Å². The van der Waals surface area contributed by atoms with Gasteiger partial charge in [0.15, 0.2) is 0 Å². The fourth-order valence-electron chi connectivity index (χ4n) is 3.22. The summed E-state index contributed by atoms with van der Waals surface area (Å²) >= 11 is 3.05. The number of unbranched alkanes of at least 4 members (excludes halogenated alkanes) is 2. The number of rotatable bonds is 21. The van der Waals surface area contributed by atoms with Gasteiger partial charge in [0, 0.05) is 0 Å². The number of thioether (sulfide) groups is 2. The fraction of sp³-hybridized carbons (Fsp3) is 0.818. The molecule has 0 aliphatic rings. The molecule has 0 aliphatic heterocycles. The van der Waals surface area contributed by atoms with Crippen LogP contribution in [0.3, 0.4) is 0 Å². The molecule has 4 unspecified atom stereocenters. The van der Waals surface area contributed by atoms with E-state index in [9.17, 15) is 24.3 Å². The monoisotopic (exact) mass is 536 g/mol. The van der Waals surface area contributed by atoms with Gasteiger partial charge in [-0.15, -0.1) is 0 Å².